The first kappa shape index (κ1) is 20.2. The van der Waals surface area contributed by atoms with E-state index < -0.39 is 0 Å². The zero-order valence-corrected chi connectivity index (χ0v) is 17.7. The van der Waals surface area contributed by atoms with Crippen molar-refractivity contribution in [2.24, 2.45) is 0 Å². The number of piperazine rings is 1. The summed E-state index contributed by atoms with van der Waals surface area (Å²) in [6.45, 7) is 7.20. The summed E-state index contributed by atoms with van der Waals surface area (Å²) in [6, 6.07) is 13.6. The van der Waals surface area contributed by atoms with Gasteiger partial charge in [-0.2, -0.15) is 5.10 Å². The first-order valence-electron chi connectivity index (χ1n) is 10.4. The number of ketones is 1. The monoisotopic (exact) mass is 408 g/mol. The number of anilines is 1. The lowest BCUT2D eigenvalue weighted by molar-refractivity contribution is 0.0167. The highest BCUT2D eigenvalue weighted by Crippen LogP contribution is 2.31. The van der Waals surface area contributed by atoms with Crippen molar-refractivity contribution in [3.8, 4) is 11.5 Å². The highest BCUT2D eigenvalue weighted by Gasteiger charge is 2.26. The number of para-hydroxylation sites is 1. The number of hydrogen-bond acceptors (Lipinski definition) is 6. The summed E-state index contributed by atoms with van der Waals surface area (Å²) in [6.07, 6.45) is 0.795. The number of carbonyl (C=O) groups excluding carboxylic acids is 1. The van der Waals surface area contributed by atoms with E-state index in [-0.39, 0.29) is 12.0 Å². The number of H-pyrrole nitrogens is 1. The topological polar surface area (TPSA) is 70.7 Å². The van der Waals surface area contributed by atoms with Crippen molar-refractivity contribution < 1.29 is 14.3 Å². The summed E-state index contributed by atoms with van der Waals surface area (Å²) in [4.78, 5) is 16.3. The molecular formula is C23H28N4O3. The molecule has 0 spiro atoms. The Morgan fingerprint density at radius 1 is 1.13 bits per heavy atom. The molecule has 2 aromatic carbocycles. The van der Waals surface area contributed by atoms with Gasteiger partial charge in [-0.1, -0.05) is 19.1 Å². The normalized spacial score (nSPS) is 15.9. The van der Waals surface area contributed by atoms with Gasteiger partial charge in [-0.25, -0.2) is 0 Å². The molecule has 0 aliphatic carbocycles. The van der Waals surface area contributed by atoms with Crippen LogP contribution in [0.3, 0.4) is 0 Å². The van der Waals surface area contributed by atoms with E-state index in [4.69, 9.17) is 9.47 Å². The van der Waals surface area contributed by atoms with Crippen LogP contribution in [0.5, 0.6) is 11.5 Å². The van der Waals surface area contributed by atoms with Crippen LogP contribution in [0.2, 0.25) is 0 Å². The van der Waals surface area contributed by atoms with Gasteiger partial charge in [0.2, 0.25) is 0 Å². The molecule has 1 atom stereocenters. The molecule has 7 nitrogen and oxygen atoms in total. The molecule has 4 rings (SSSR count). The molecule has 7 heteroatoms. The van der Waals surface area contributed by atoms with Crippen LogP contribution in [0.25, 0.3) is 10.9 Å². The van der Waals surface area contributed by atoms with E-state index in [0.29, 0.717) is 17.1 Å². The molecular weight excluding hydrogens is 380 g/mol. The number of aromatic amines is 1. The quantitative estimate of drug-likeness (QED) is 0.601. The largest absolute Gasteiger partial charge is 0.493 e. The molecule has 0 bridgehead atoms. The number of hydrogen-bond donors (Lipinski definition) is 1. The average molecular weight is 409 g/mol. The fraction of sp³-hybridized carbons (Fsp3) is 0.391. The third-order valence-corrected chi connectivity index (χ3v) is 5.65. The van der Waals surface area contributed by atoms with Gasteiger partial charge in [-0.15, -0.1) is 0 Å². The van der Waals surface area contributed by atoms with Crippen molar-refractivity contribution in [2.75, 3.05) is 38.2 Å². The summed E-state index contributed by atoms with van der Waals surface area (Å²) in [7, 11) is 1.60. The number of rotatable bonds is 7. The fourth-order valence-electron chi connectivity index (χ4n) is 3.96. The Morgan fingerprint density at radius 3 is 2.60 bits per heavy atom. The van der Waals surface area contributed by atoms with Gasteiger partial charge in [0, 0.05) is 37.1 Å². The molecule has 0 amide bonds. The Bertz CT molecular complexity index is 1020. The smallest absolute Gasteiger partial charge is 0.163 e. The lowest BCUT2D eigenvalue weighted by Crippen LogP contribution is -2.52. The molecule has 30 heavy (non-hydrogen) atoms. The highest BCUT2D eigenvalue weighted by atomic mass is 16.5. The van der Waals surface area contributed by atoms with E-state index in [1.165, 1.54) is 0 Å². The van der Waals surface area contributed by atoms with Crippen molar-refractivity contribution in [3.05, 3.63) is 48.0 Å². The number of ether oxygens (including phenoxy) is 2. The molecule has 1 saturated heterocycles. The number of nitrogens with one attached hydrogen (secondary N) is 1. The molecule has 158 valence electrons. The SMILES string of the molecule is CCC(Oc1ccc(C(C)=O)cc1OC)N1CCN(c2n[nH]c3ccccc23)CC1. The van der Waals surface area contributed by atoms with Gasteiger partial charge in [0.05, 0.1) is 12.6 Å². The molecule has 1 aliphatic heterocycles. The van der Waals surface area contributed by atoms with Crippen molar-refractivity contribution >= 4 is 22.5 Å². The lowest BCUT2D eigenvalue weighted by Gasteiger charge is -2.39. The van der Waals surface area contributed by atoms with Crippen LogP contribution in [0.4, 0.5) is 5.82 Å². The van der Waals surface area contributed by atoms with E-state index in [1.807, 2.05) is 24.3 Å². The summed E-state index contributed by atoms with van der Waals surface area (Å²) in [5.74, 6) is 2.27. The maximum atomic E-state index is 11.6. The maximum Gasteiger partial charge on any atom is 0.163 e. The van der Waals surface area contributed by atoms with Crippen molar-refractivity contribution in [1.82, 2.24) is 15.1 Å². The second-order valence-corrected chi connectivity index (χ2v) is 7.52. The van der Waals surface area contributed by atoms with Gasteiger partial charge in [0.15, 0.2) is 29.3 Å². The molecule has 0 saturated carbocycles. The first-order valence-corrected chi connectivity index (χ1v) is 10.4. The molecule has 1 fully saturated rings. The Hall–Kier alpha value is -3.06. The van der Waals surface area contributed by atoms with E-state index in [1.54, 1.807) is 26.2 Å². The van der Waals surface area contributed by atoms with Crippen LogP contribution < -0.4 is 14.4 Å². The van der Waals surface area contributed by atoms with Gasteiger partial charge in [0.1, 0.15) is 0 Å². The molecule has 2 heterocycles. The van der Waals surface area contributed by atoms with Gasteiger partial charge in [-0.3, -0.25) is 14.8 Å². The average Bonchev–Trinajstić information content (AvgIpc) is 3.21. The molecule has 1 N–H and O–H groups in total. The zero-order chi connectivity index (χ0) is 21.1. The van der Waals surface area contributed by atoms with Crippen LogP contribution in [0.1, 0.15) is 30.6 Å². The van der Waals surface area contributed by atoms with E-state index in [2.05, 4.69) is 33.0 Å². The third-order valence-electron chi connectivity index (χ3n) is 5.65. The number of nitrogens with zero attached hydrogens (tertiary/aromatic N) is 3. The minimum atomic E-state index is -0.0554. The minimum Gasteiger partial charge on any atom is -0.493 e. The number of carbonyl (C=O) groups is 1. The van der Waals surface area contributed by atoms with Crippen molar-refractivity contribution in [1.29, 1.82) is 0 Å². The molecule has 1 aromatic heterocycles. The Labute approximate surface area is 176 Å². The first-order chi connectivity index (χ1) is 14.6. The fourth-order valence-corrected chi connectivity index (χ4v) is 3.96. The number of aromatic nitrogens is 2. The number of fused-ring (bicyclic) bond motifs is 1. The van der Waals surface area contributed by atoms with Crippen LogP contribution in [0.15, 0.2) is 42.5 Å². The summed E-state index contributed by atoms with van der Waals surface area (Å²) in [5.41, 5.74) is 1.68. The highest BCUT2D eigenvalue weighted by molar-refractivity contribution is 5.94. The molecule has 1 unspecified atom stereocenters. The summed E-state index contributed by atoms with van der Waals surface area (Å²) >= 11 is 0. The molecule has 0 radical (unpaired) electrons. The minimum absolute atomic E-state index is 0.00824. The Morgan fingerprint density at radius 2 is 1.90 bits per heavy atom. The molecule has 1 aliphatic rings. The standard InChI is InChI=1S/C23H28N4O3/c1-4-22(30-20-10-9-17(16(2)28)15-21(20)29-3)26-11-13-27(14-12-26)23-18-7-5-6-8-19(18)24-25-23/h5-10,15,22H,4,11-14H2,1-3H3,(H,24,25). The third kappa shape index (κ3) is 3.98. The predicted octanol–water partition coefficient (Wildman–Crippen LogP) is 3.71. The number of methoxy groups -OCH3 is 1. The summed E-state index contributed by atoms with van der Waals surface area (Å²) < 4.78 is 11.8. The van der Waals surface area contributed by atoms with Crippen LogP contribution in [-0.4, -0.2) is 60.4 Å². The maximum absolute atomic E-state index is 11.6. The lowest BCUT2D eigenvalue weighted by atomic mass is 10.1. The number of Topliss-reactive ketones (excluding diaryl/α,β-unsaturated/α-hetero) is 1. The van der Waals surface area contributed by atoms with Crippen LogP contribution in [0, 0.1) is 0 Å². The summed E-state index contributed by atoms with van der Waals surface area (Å²) in [5, 5.41) is 8.81. The van der Waals surface area contributed by atoms with Crippen LogP contribution >= 0.6 is 0 Å². The van der Waals surface area contributed by atoms with Gasteiger partial charge >= 0.3 is 0 Å². The zero-order valence-electron chi connectivity index (χ0n) is 17.7. The van der Waals surface area contributed by atoms with Gasteiger partial charge in [0.25, 0.3) is 0 Å². The van der Waals surface area contributed by atoms with Crippen molar-refractivity contribution in [2.45, 2.75) is 26.5 Å². The van der Waals surface area contributed by atoms with E-state index in [9.17, 15) is 4.79 Å². The van der Waals surface area contributed by atoms with E-state index >= 15 is 0 Å². The second kappa shape index (κ2) is 8.75. The molecule has 3 aromatic rings. The Balaban J connectivity index is 1.44. The second-order valence-electron chi connectivity index (χ2n) is 7.52. The van der Waals surface area contributed by atoms with Crippen LogP contribution in [-0.2, 0) is 0 Å². The Kier molecular flexibility index (Phi) is 5.90. The predicted molar refractivity (Wildman–Crippen MR) is 118 cm³/mol. The van der Waals surface area contributed by atoms with Crippen molar-refractivity contribution in [3.63, 3.8) is 0 Å². The van der Waals surface area contributed by atoms with Gasteiger partial charge in [-0.05, 0) is 43.7 Å². The van der Waals surface area contributed by atoms with E-state index in [0.717, 1.165) is 49.3 Å². The van der Waals surface area contributed by atoms with Gasteiger partial charge < -0.3 is 14.4 Å². The number of benzene rings is 2.